The Bertz CT molecular complexity index is 624. The molecule has 0 bridgehead atoms. The SMILES string of the molecule is CCNCc1ccc(S(=O)(=O)N2CCS(=O)CC2)c(Br)c1. The smallest absolute Gasteiger partial charge is 0.244 e. The van der Waals surface area contributed by atoms with Gasteiger partial charge in [-0.05, 0) is 40.2 Å². The molecule has 21 heavy (non-hydrogen) atoms. The average molecular weight is 395 g/mol. The van der Waals surface area contributed by atoms with Crippen molar-refractivity contribution in [1.82, 2.24) is 9.62 Å². The molecule has 1 aliphatic rings. The minimum absolute atomic E-state index is 0.274. The molecule has 0 radical (unpaired) electrons. The number of hydrogen-bond acceptors (Lipinski definition) is 4. The molecule has 8 heteroatoms. The third kappa shape index (κ3) is 4.13. The van der Waals surface area contributed by atoms with Crippen molar-refractivity contribution in [2.75, 3.05) is 31.1 Å². The molecular weight excluding hydrogens is 376 g/mol. The van der Waals surface area contributed by atoms with Crippen LogP contribution in [-0.4, -0.2) is 48.1 Å². The first-order valence-corrected chi connectivity index (χ1v) is 10.5. The molecule has 5 nitrogen and oxygen atoms in total. The van der Waals surface area contributed by atoms with Crippen LogP contribution in [0.1, 0.15) is 12.5 Å². The molecule has 1 N–H and O–H groups in total. The molecule has 1 heterocycles. The van der Waals surface area contributed by atoms with E-state index in [9.17, 15) is 12.6 Å². The summed E-state index contributed by atoms with van der Waals surface area (Å²) in [6.45, 7) is 4.23. The number of halogens is 1. The van der Waals surface area contributed by atoms with Gasteiger partial charge in [-0.3, -0.25) is 4.21 Å². The predicted molar refractivity (Wildman–Crippen MR) is 88.2 cm³/mol. The van der Waals surface area contributed by atoms with Crippen LogP contribution in [0.25, 0.3) is 0 Å². The first-order valence-electron chi connectivity index (χ1n) is 6.79. The van der Waals surface area contributed by atoms with Gasteiger partial charge in [0.15, 0.2) is 0 Å². The maximum atomic E-state index is 12.6. The first-order chi connectivity index (χ1) is 9.95. The minimum Gasteiger partial charge on any atom is -0.313 e. The van der Waals surface area contributed by atoms with Crippen LogP contribution in [0.4, 0.5) is 0 Å². The maximum absolute atomic E-state index is 12.6. The number of rotatable bonds is 5. The monoisotopic (exact) mass is 394 g/mol. The molecule has 1 fully saturated rings. The van der Waals surface area contributed by atoms with Crippen LogP contribution in [0.3, 0.4) is 0 Å². The Hall–Kier alpha value is -0.280. The second-order valence-electron chi connectivity index (χ2n) is 4.80. The van der Waals surface area contributed by atoms with Crippen molar-refractivity contribution in [1.29, 1.82) is 0 Å². The fraction of sp³-hybridized carbons (Fsp3) is 0.538. The fourth-order valence-electron chi connectivity index (χ4n) is 2.13. The number of sulfonamides is 1. The summed E-state index contributed by atoms with van der Waals surface area (Å²) in [5, 5.41) is 3.20. The molecule has 0 amide bonds. The molecular formula is C13H19BrN2O3S2. The zero-order chi connectivity index (χ0) is 15.5. The van der Waals surface area contributed by atoms with Crippen molar-refractivity contribution >= 4 is 36.8 Å². The summed E-state index contributed by atoms with van der Waals surface area (Å²) in [4.78, 5) is 0.274. The fourth-order valence-corrected chi connectivity index (χ4v) is 5.94. The van der Waals surface area contributed by atoms with Crippen LogP contribution in [0.15, 0.2) is 27.6 Å². The molecule has 0 atom stereocenters. The van der Waals surface area contributed by atoms with Gasteiger partial charge in [0.25, 0.3) is 0 Å². The average Bonchev–Trinajstić information content (AvgIpc) is 2.45. The highest BCUT2D eigenvalue weighted by Crippen LogP contribution is 2.27. The highest BCUT2D eigenvalue weighted by atomic mass is 79.9. The van der Waals surface area contributed by atoms with Gasteiger partial charge >= 0.3 is 0 Å². The predicted octanol–water partition coefficient (Wildman–Crippen LogP) is 1.31. The molecule has 1 aliphatic heterocycles. The van der Waals surface area contributed by atoms with Crippen LogP contribution in [0.5, 0.6) is 0 Å². The van der Waals surface area contributed by atoms with E-state index in [0.717, 1.165) is 12.1 Å². The van der Waals surface area contributed by atoms with Gasteiger partial charge < -0.3 is 5.32 Å². The molecule has 2 rings (SSSR count). The normalized spacial score (nSPS) is 18.0. The van der Waals surface area contributed by atoms with Crippen molar-refractivity contribution < 1.29 is 12.6 Å². The number of nitrogens with zero attached hydrogens (tertiary/aromatic N) is 1. The van der Waals surface area contributed by atoms with Gasteiger partial charge in [-0.25, -0.2) is 8.42 Å². The highest BCUT2D eigenvalue weighted by molar-refractivity contribution is 9.10. The van der Waals surface area contributed by atoms with E-state index in [2.05, 4.69) is 21.2 Å². The van der Waals surface area contributed by atoms with Gasteiger partial charge in [0.1, 0.15) is 0 Å². The second-order valence-corrected chi connectivity index (χ2v) is 9.25. The van der Waals surface area contributed by atoms with Crippen molar-refractivity contribution in [3.8, 4) is 0 Å². The van der Waals surface area contributed by atoms with Crippen molar-refractivity contribution in [3.63, 3.8) is 0 Å². The van der Waals surface area contributed by atoms with E-state index in [1.54, 1.807) is 6.07 Å². The molecule has 0 aliphatic carbocycles. The van der Waals surface area contributed by atoms with Gasteiger partial charge in [0.05, 0.1) is 4.90 Å². The Morgan fingerprint density at radius 1 is 1.33 bits per heavy atom. The van der Waals surface area contributed by atoms with Crippen LogP contribution in [0.2, 0.25) is 0 Å². The summed E-state index contributed by atoms with van der Waals surface area (Å²) in [5.74, 6) is 0.824. The van der Waals surface area contributed by atoms with Crippen molar-refractivity contribution in [3.05, 3.63) is 28.2 Å². The zero-order valence-corrected chi connectivity index (χ0v) is 15.1. The summed E-state index contributed by atoms with van der Waals surface area (Å²) in [5.41, 5.74) is 1.03. The molecule has 118 valence electrons. The van der Waals surface area contributed by atoms with Gasteiger partial charge in [0, 0.05) is 46.4 Å². The second kappa shape index (κ2) is 7.32. The van der Waals surface area contributed by atoms with Crippen molar-refractivity contribution in [2.24, 2.45) is 0 Å². The van der Waals surface area contributed by atoms with E-state index in [-0.39, 0.29) is 4.90 Å². The Balaban J connectivity index is 2.22. The molecule has 1 saturated heterocycles. The zero-order valence-electron chi connectivity index (χ0n) is 11.8. The lowest BCUT2D eigenvalue weighted by atomic mass is 10.2. The molecule has 0 spiro atoms. The topological polar surface area (TPSA) is 66.5 Å². The third-order valence-corrected chi connectivity index (χ3v) is 7.48. The molecule has 1 aromatic rings. The third-order valence-electron chi connectivity index (χ3n) is 3.33. The van der Waals surface area contributed by atoms with Crippen LogP contribution < -0.4 is 5.32 Å². The summed E-state index contributed by atoms with van der Waals surface area (Å²) < 4.78 is 38.6. The maximum Gasteiger partial charge on any atom is 0.244 e. The molecule has 0 unspecified atom stereocenters. The van der Waals surface area contributed by atoms with Gasteiger partial charge in [-0.1, -0.05) is 13.0 Å². The summed E-state index contributed by atoms with van der Waals surface area (Å²) in [6.07, 6.45) is 0. The minimum atomic E-state index is -3.52. The lowest BCUT2D eigenvalue weighted by molar-refractivity contribution is 0.438. The van der Waals surface area contributed by atoms with Gasteiger partial charge in [-0.2, -0.15) is 4.31 Å². The molecule has 0 aromatic heterocycles. The Morgan fingerprint density at radius 2 is 2.00 bits per heavy atom. The first kappa shape index (κ1) is 17.1. The quantitative estimate of drug-likeness (QED) is 0.817. The summed E-state index contributed by atoms with van der Waals surface area (Å²) in [6, 6.07) is 5.29. The largest absolute Gasteiger partial charge is 0.313 e. The van der Waals surface area contributed by atoms with Crippen LogP contribution >= 0.6 is 15.9 Å². The van der Waals surface area contributed by atoms with Gasteiger partial charge in [-0.15, -0.1) is 0 Å². The molecule has 1 aromatic carbocycles. The van der Waals surface area contributed by atoms with Crippen LogP contribution in [-0.2, 0) is 27.4 Å². The summed E-state index contributed by atoms with van der Waals surface area (Å²) in [7, 11) is -4.41. The van der Waals surface area contributed by atoms with E-state index in [1.807, 2.05) is 19.1 Å². The van der Waals surface area contributed by atoms with Gasteiger partial charge in [0.2, 0.25) is 10.0 Å². The summed E-state index contributed by atoms with van der Waals surface area (Å²) >= 11 is 3.36. The van der Waals surface area contributed by atoms with E-state index < -0.39 is 20.8 Å². The van der Waals surface area contributed by atoms with Crippen LogP contribution in [0, 0.1) is 0 Å². The Morgan fingerprint density at radius 3 is 2.57 bits per heavy atom. The van der Waals surface area contributed by atoms with E-state index >= 15 is 0 Å². The Labute approximate surface area is 136 Å². The number of hydrogen-bond donors (Lipinski definition) is 1. The highest BCUT2D eigenvalue weighted by Gasteiger charge is 2.29. The number of nitrogens with one attached hydrogen (secondary N) is 1. The van der Waals surface area contributed by atoms with E-state index in [4.69, 9.17) is 0 Å². The molecule has 0 saturated carbocycles. The van der Waals surface area contributed by atoms with E-state index in [0.29, 0.717) is 35.6 Å². The Kier molecular flexibility index (Phi) is 5.96. The standard InChI is InChI=1S/C13H19BrN2O3S2/c1-2-15-10-11-3-4-13(12(14)9-11)21(18,19)16-5-7-20(17)8-6-16/h3-4,9,15H,2,5-8,10H2,1H3. The van der Waals surface area contributed by atoms with E-state index in [1.165, 1.54) is 4.31 Å². The van der Waals surface area contributed by atoms with Crippen molar-refractivity contribution in [2.45, 2.75) is 18.4 Å². The number of benzene rings is 1. The lowest BCUT2D eigenvalue weighted by Gasteiger charge is -2.26. The lowest BCUT2D eigenvalue weighted by Crippen LogP contribution is -2.41.